The highest BCUT2D eigenvalue weighted by Gasteiger charge is 2.19. The fourth-order valence-electron chi connectivity index (χ4n) is 2.12. The lowest BCUT2D eigenvalue weighted by Crippen LogP contribution is -2.19. The highest BCUT2D eigenvalue weighted by atomic mass is 79.9. The molecule has 0 aliphatic heterocycles. The summed E-state index contributed by atoms with van der Waals surface area (Å²) >= 11 is 3.47. The van der Waals surface area contributed by atoms with Crippen molar-refractivity contribution in [1.29, 1.82) is 0 Å². The van der Waals surface area contributed by atoms with Gasteiger partial charge in [0.25, 0.3) is 0 Å². The summed E-state index contributed by atoms with van der Waals surface area (Å²) in [5.41, 5.74) is 1.81. The summed E-state index contributed by atoms with van der Waals surface area (Å²) in [6.07, 6.45) is 0. The Hall–Kier alpha value is -1.39. The van der Waals surface area contributed by atoms with Gasteiger partial charge in [0.2, 0.25) is 0 Å². The van der Waals surface area contributed by atoms with Gasteiger partial charge in [-0.3, -0.25) is 0 Å². The normalized spacial score (nSPS) is 12.2. The van der Waals surface area contributed by atoms with E-state index in [9.17, 15) is 4.39 Å². The highest BCUT2D eigenvalue weighted by Crippen LogP contribution is 2.33. The Balaban J connectivity index is 2.53. The van der Waals surface area contributed by atoms with Crippen molar-refractivity contribution in [3.63, 3.8) is 0 Å². The van der Waals surface area contributed by atoms with Crippen LogP contribution in [0.1, 0.15) is 17.2 Å². The van der Waals surface area contributed by atoms with E-state index in [1.165, 1.54) is 12.1 Å². The molecule has 100 valence electrons. The molecule has 1 atom stereocenters. The quantitative estimate of drug-likeness (QED) is 0.921. The fourth-order valence-corrected chi connectivity index (χ4v) is 2.59. The zero-order chi connectivity index (χ0) is 13.8. The zero-order valence-corrected chi connectivity index (χ0v) is 12.4. The lowest BCUT2D eigenvalue weighted by Gasteiger charge is -2.21. The second-order valence-corrected chi connectivity index (χ2v) is 4.98. The number of ether oxygens (including phenoxy) is 1. The minimum Gasteiger partial charge on any atom is -0.496 e. The number of halogens is 2. The van der Waals surface area contributed by atoms with Crippen molar-refractivity contribution >= 4 is 15.9 Å². The fraction of sp³-hybridized carbons (Fsp3) is 0.200. The molecule has 19 heavy (non-hydrogen) atoms. The first kappa shape index (κ1) is 14.0. The van der Waals surface area contributed by atoms with Gasteiger partial charge in [0, 0.05) is 10.0 Å². The van der Waals surface area contributed by atoms with E-state index in [1.807, 2.05) is 31.3 Å². The zero-order valence-electron chi connectivity index (χ0n) is 10.8. The summed E-state index contributed by atoms with van der Waals surface area (Å²) in [4.78, 5) is 0. The third-order valence-electron chi connectivity index (χ3n) is 3.01. The Labute approximate surface area is 120 Å². The summed E-state index contributed by atoms with van der Waals surface area (Å²) in [6, 6.07) is 12.3. The SMILES string of the molecule is CNC(c1cc(F)ccc1Br)c1ccccc1OC. The van der Waals surface area contributed by atoms with Crippen LogP contribution in [0.3, 0.4) is 0 Å². The minimum absolute atomic E-state index is 0.138. The molecular weight excluding hydrogens is 309 g/mol. The Kier molecular flexibility index (Phi) is 4.56. The first-order chi connectivity index (χ1) is 9.17. The predicted octanol–water partition coefficient (Wildman–Crippen LogP) is 3.91. The monoisotopic (exact) mass is 323 g/mol. The van der Waals surface area contributed by atoms with E-state index in [-0.39, 0.29) is 11.9 Å². The molecular formula is C15H15BrFNO. The maximum atomic E-state index is 13.5. The molecule has 0 fully saturated rings. The molecule has 2 aromatic rings. The molecule has 1 N–H and O–H groups in total. The molecule has 0 spiro atoms. The minimum atomic E-state index is -0.256. The van der Waals surface area contributed by atoms with Crippen molar-refractivity contribution in [1.82, 2.24) is 5.32 Å². The first-order valence-electron chi connectivity index (χ1n) is 5.92. The topological polar surface area (TPSA) is 21.3 Å². The first-order valence-corrected chi connectivity index (χ1v) is 6.71. The van der Waals surface area contributed by atoms with Crippen LogP contribution in [-0.4, -0.2) is 14.2 Å². The van der Waals surface area contributed by atoms with Crippen LogP contribution in [0.4, 0.5) is 4.39 Å². The average Bonchev–Trinajstić information content (AvgIpc) is 2.44. The molecule has 2 nitrogen and oxygen atoms in total. The Bertz CT molecular complexity index is 574. The molecule has 2 rings (SSSR count). The largest absolute Gasteiger partial charge is 0.496 e. The smallest absolute Gasteiger partial charge is 0.123 e. The van der Waals surface area contributed by atoms with Crippen LogP contribution in [0.5, 0.6) is 5.75 Å². The third kappa shape index (κ3) is 2.96. The van der Waals surface area contributed by atoms with Crippen LogP contribution in [0.15, 0.2) is 46.9 Å². The summed E-state index contributed by atoms with van der Waals surface area (Å²) < 4.78 is 19.7. The van der Waals surface area contributed by atoms with Crippen molar-refractivity contribution in [2.75, 3.05) is 14.2 Å². The van der Waals surface area contributed by atoms with E-state index in [0.717, 1.165) is 21.3 Å². The van der Waals surface area contributed by atoms with Gasteiger partial charge in [-0.05, 0) is 36.9 Å². The van der Waals surface area contributed by atoms with Crippen LogP contribution in [-0.2, 0) is 0 Å². The van der Waals surface area contributed by atoms with Crippen molar-refractivity contribution in [2.45, 2.75) is 6.04 Å². The maximum absolute atomic E-state index is 13.5. The molecule has 4 heteroatoms. The molecule has 2 aromatic carbocycles. The van der Waals surface area contributed by atoms with E-state index in [4.69, 9.17) is 4.74 Å². The van der Waals surface area contributed by atoms with Gasteiger partial charge in [-0.25, -0.2) is 4.39 Å². The van der Waals surface area contributed by atoms with E-state index in [2.05, 4.69) is 21.2 Å². The summed E-state index contributed by atoms with van der Waals surface area (Å²) in [5.74, 6) is 0.520. The number of rotatable bonds is 4. The van der Waals surface area contributed by atoms with Crippen molar-refractivity contribution in [2.24, 2.45) is 0 Å². The molecule has 0 aliphatic carbocycles. The molecule has 0 amide bonds. The van der Waals surface area contributed by atoms with Gasteiger partial charge < -0.3 is 10.1 Å². The van der Waals surface area contributed by atoms with Gasteiger partial charge in [-0.1, -0.05) is 34.1 Å². The molecule has 0 bridgehead atoms. The number of hydrogen-bond donors (Lipinski definition) is 1. The maximum Gasteiger partial charge on any atom is 0.123 e. The van der Waals surface area contributed by atoms with E-state index in [1.54, 1.807) is 13.2 Å². The number of methoxy groups -OCH3 is 1. The number of hydrogen-bond acceptors (Lipinski definition) is 2. The molecule has 0 saturated carbocycles. The second-order valence-electron chi connectivity index (χ2n) is 4.13. The molecule has 0 heterocycles. The molecule has 0 aromatic heterocycles. The third-order valence-corrected chi connectivity index (χ3v) is 3.73. The number of nitrogens with one attached hydrogen (secondary N) is 1. The predicted molar refractivity (Wildman–Crippen MR) is 78.0 cm³/mol. The van der Waals surface area contributed by atoms with E-state index < -0.39 is 0 Å². The Morgan fingerprint density at radius 2 is 1.89 bits per heavy atom. The highest BCUT2D eigenvalue weighted by molar-refractivity contribution is 9.10. The standard InChI is InChI=1S/C15H15BrFNO/c1-18-15(11-5-3-4-6-14(11)19-2)12-9-10(17)7-8-13(12)16/h3-9,15,18H,1-2H3. The molecule has 0 saturated heterocycles. The summed E-state index contributed by atoms with van der Waals surface area (Å²) in [7, 11) is 3.47. The number of benzene rings is 2. The lowest BCUT2D eigenvalue weighted by atomic mass is 9.98. The Morgan fingerprint density at radius 3 is 2.58 bits per heavy atom. The van der Waals surface area contributed by atoms with Crippen LogP contribution < -0.4 is 10.1 Å². The Morgan fingerprint density at radius 1 is 1.16 bits per heavy atom. The van der Waals surface area contributed by atoms with Gasteiger partial charge in [-0.15, -0.1) is 0 Å². The van der Waals surface area contributed by atoms with Crippen molar-refractivity contribution in [3.05, 3.63) is 63.9 Å². The van der Waals surface area contributed by atoms with Gasteiger partial charge in [-0.2, -0.15) is 0 Å². The summed E-state index contributed by atoms with van der Waals surface area (Å²) in [5, 5.41) is 3.20. The van der Waals surface area contributed by atoms with E-state index in [0.29, 0.717) is 0 Å². The van der Waals surface area contributed by atoms with Crippen molar-refractivity contribution < 1.29 is 9.13 Å². The second kappa shape index (κ2) is 6.17. The van der Waals surface area contributed by atoms with Crippen LogP contribution >= 0.6 is 15.9 Å². The molecule has 0 radical (unpaired) electrons. The molecule has 0 aliphatic rings. The molecule has 1 unspecified atom stereocenters. The van der Waals surface area contributed by atoms with Crippen LogP contribution in [0.2, 0.25) is 0 Å². The van der Waals surface area contributed by atoms with E-state index >= 15 is 0 Å². The van der Waals surface area contributed by atoms with Gasteiger partial charge >= 0.3 is 0 Å². The van der Waals surface area contributed by atoms with Crippen molar-refractivity contribution in [3.8, 4) is 5.75 Å². The van der Waals surface area contributed by atoms with Crippen LogP contribution in [0.25, 0.3) is 0 Å². The average molecular weight is 324 g/mol. The summed E-state index contributed by atoms with van der Waals surface area (Å²) in [6.45, 7) is 0. The van der Waals surface area contributed by atoms with Gasteiger partial charge in [0.1, 0.15) is 11.6 Å². The van der Waals surface area contributed by atoms with Crippen LogP contribution in [0, 0.1) is 5.82 Å². The van der Waals surface area contributed by atoms with Gasteiger partial charge in [0.05, 0.1) is 13.2 Å². The number of para-hydroxylation sites is 1. The lowest BCUT2D eigenvalue weighted by molar-refractivity contribution is 0.405. The van der Waals surface area contributed by atoms with Gasteiger partial charge in [0.15, 0.2) is 0 Å².